The number of imide groups is 1. The van der Waals surface area contributed by atoms with Crippen molar-refractivity contribution < 1.29 is 32.6 Å². The van der Waals surface area contributed by atoms with Crippen molar-refractivity contribution in [3.05, 3.63) is 53.6 Å². The highest BCUT2D eigenvalue weighted by molar-refractivity contribution is 7.90. The van der Waals surface area contributed by atoms with E-state index in [1.54, 1.807) is 18.2 Å². The average molecular weight is 432 g/mol. The third-order valence-electron chi connectivity index (χ3n) is 5.27. The predicted octanol–water partition coefficient (Wildman–Crippen LogP) is 1.32. The number of urea groups is 1. The number of carbonyl (C=O) groups is 2. The molecule has 2 heterocycles. The molecule has 2 aliphatic heterocycles. The second kappa shape index (κ2) is 6.99. The Morgan fingerprint density at radius 3 is 2.47 bits per heavy atom. The summed E-state index contributed by atoms with van der Waals surface area (Å²) in [6.07, 6.45) is -0.0324. The highest BCUT2D eigenvalue weighted by Gasteiger charge is 2.49. The summed E-state index contributed by atoms with van der Waals surface area (Å²) in [6, 6.07) is 10.0. The normalized spacial score (nSPS) is 21.6. The number of aliphatic hydroxyl groups excluding tert-OH is 1. The van der Waals surface area contributed by atoms with Gasteiger partial charge >= 0.3 is 6.03 Å². The van der Waals surface area contributed by atoms with Gasteiger partial charge in [0.05, 0.1) is 17.5 Å². The Labute approximate surface area is 173 Å². The molecule has 0 bridgehead atoms. The molecule has 2 atom stereocenters. The van der Waals surface area contributed by atoms with E-state index < -0.39 is 33.4 Å². The number of benzene rings is 2. The molecule has 30 heavy (non-hydrogen) atoms. The minimum atomic E-state index is -3.38. The van der Waals surface area contributed by atoms with Crippen LogP contribution in [0.4, 0.5) is 4.79 Å². The molecule has 9 nitrogen and oxygen atoms in total. The minimum absolute atomic E-state index is 0.0956. The van der Waals surface area contributed by atoms with Crippen LogP contribution >= 0.6 is 0 Å². The van der Waals surface area contributed by atoms with Crippen molar-refractivity contribution in [3.63, 3.8) is 0 Å². The molecule has 0 aliphatic carbocycles. The lowest BCUT2D eigenvalue weighted by Crippen LogP contribution is -2.41. The van der Waals surface area contributed by atoms with Gasteiger partial charge in [-0.1, -0.05) is 18.2 Å². The number of nitrogens with zero attached hydrogens (tertiary/aromatic N) is 1. The highest BCUT2D eigenvalue weighted by atomic mass is 32.2. The topological polar surface area (TPSA) is 122 Å². The second-order valence-electron chi connectivity index (χ2n) is 7.40. The standard InChI is InChI=1S/C20H20N2O7S/c1-20(13-4-6-14(7-5-13)30(2,26)27)18(24)22(19(25)21-20)10-15(23)12-3-8-16-17(9-12)29-11-28-16/h3-9,15,23H,10-11H2,1-2H3,(H,21,25). The molecule has 1 fully saturated rings. The van der Waals surface area contributed by atoms with Crippen LogP contribution in [0.25, 0.3) is 0 Å². The summed E-state index contributed by atoms with van der Waals surface area (Å²) < 4.78 is 33.8. The Morgan fingerprint density at radius 2 is 1.80 bits per heavy atom. The summed E-state index contributed by atoms with van der Waals surface area (Å²) >= 11 is 0. The largest absolute Gasteiger partial charge is 0.454 e. The fourth-order valence-electron chi connectivity index (χ4n) is 3.49. The van der Waals surface area contributed by atoms with Crippen LogP contribution in [0.1, 0.15) is 24.2 Å². The molecule has 10 heteroatoms. The van der Waals surface area contributed by atoms with E-state index in [0.29, 0.717) is 22.6 Å². The van der Waals surface area contributed by atoms with Gasteiger partial charge < -0.3 is 19.9 Å². The fourth-order valence-corrected chi connectivity index (χ4v) is 4.12. The number of carbonyl (C=O) groups excluding carboxylic acids is 2. The molecule has 158 valence electrons. The molecular weight excluding hydrogens is 412 g/mol. The number of rotatable bonds is 5. The molecule has 3 amide bonds. The lowest BCUT2D eigenvalue weighted by Gasteiger charge is -2.23. The van der Waals surface area contributed by atoms with E-state index in [4.69, 9.17) is 9.47 Å². The van der Waals surface area contributed by atoms with Crippen LogP contribution in [0, 0.1) is 0 Å². The molecule has 2 aliphatic rings. The van der Waals surface area contributed by atoms with E-state index in [2.05, 4.69) is 5.32 Å². The first-order valence-electron chi connectivity index (χ1n) is 9.12. The van der Waals surface area contributed by atoms with Crippen molar-refractivity contribution in [3.8, 4) is 11.5 Å². The maximum absolute atomic E-state index is 13.0. The van der Waals surface area contributed by atoms with Gasteiger partial charge in [0.2, 0.25) is 6.79 Å². The van der Waals surface area contributed by atoms with E-state index in [9.17, 15) is 23.1 Å². The zero-order chi connectivity index (χ0) is 21.7. The molecule has 0 aromatic heterocycles. The number of amides is 3. The Bertz CT molecular complexity index is 1130. The number of hydrogen-bond donors (Lipinski definition) is 2. The average Bonchev–Trinajstić information content (AvgIpc) is 3.25. The number of nitrogens with one attached hydrogen (secondary N) is 1. The van der Waals surface area contributed by atoms with Crippen molar-refractivity contribution in [2.75, 3.05) is 19.6 Å². The summed E-state index contributed by atoms with van der Waals surface area (Å²) in [4.78, 5) is 26.6. The van der Waals surface area contributed by atoms with E-state index in [0.717, 1.165) is 11.2 Å². The van der Waals surface area contributed by atoms with Crippen molar-refractivity contribution in [2.45, 2.75) is 23.5 Å². The van der Waals surface area contributed by atoms with Crippen LogP contribution in [-0.4, -0.2) is 50.0 Å². The SMILES string of the molecule is CC1(c2ccc(S(C)(=O)=O)cc2)NC(=O)N(CC(O)c2ccc3c(c2)OCO3)C1=O. The lowest BCUT2D eigenvalue weighted by atomic mass is 9.92. The molecular formula is C20H20N2O7S. The summed E-state index contributed by atoms with van der Waals surface area (Å²) in [6.45, 7) is 1.38. The summed E-state index contributed by atoms with van der Waals surface area (Å²) in [7, 11) is -3.38. The van der Waals surface area contributed by atoms with Gasteiger partial charge in [-0.05, 0) is 42.3 Å². The maximum Gasteiger partial charge on any atom is 0.325 e. The Morgan fingerprint density at radius 1 is 1.13 bits per heavy atom. The zero-order valence-electron chi connectivity index (χ0n) is 16.3. The highest BCUT2D eigenvalue weighted by Crippen LogP contribution is 2.35. The van der Waals surface area contributed by atoms with Gasteiger partial charge in [0.1, 0.15) is 5.54 Å². The smallest absolute Gasteiger partial charge is 0.325 e. The number of aliphatic hydroxyl groups is 1. The zero-order valence-corrected chi connectivity index (χ0v) is 17.1. The first-order valence-corrected chi connectivity index (χ1v) is 11.0. The van der Waals surface area contributed by atoms with E-state index in [1.807, 2.05) is 0 Å². The second-order valence-corrected chi connectivity index (χ2v) is 9.41. The number of β-amino-alcohol motifs (C(OH)–C–C–N with tert-alkyl or cyclic N) is 1. The summed E-state index contributed by atoms with van der Waals surface area (Å²) in [5.41, 5.74) is -0.457. The first kappa shape index (κ1) is 20.2. The van der Waals surface area contributed by atoms with Crippen LogP contribution in [0.3, 0.4) is 0 Å². The predicted molar refractivity (Wildman–Crippen MR) is 105 cm³/mol. The third-order valence-corrected chi connectivity index (χ3v) is 6.40. The van der Waals surface area contributed by atoms with Crippen LogP contribution in [-0.2, 0) is 20.2 Å². The molecule has 0 saturated carbocycles. The molecule has 1 saturated heterocycles. The number of fused-ring (bicyclic) bond motifs is 1. The van der Waals surface area contributed by atoms with Gasteiger partial charge in [0.15, 0.2) is 21.3 Å². The monoisotopic (exact) mass is 432 g/mol. The molecule has 2 N–H and O–H groups in total. The van der Waals surface area contributed by atoms with Gasteiger partial charge in [0, 0.05) is 6.26 Å². The number of ether oxygens (including phenoxy) is 2. The van der Waals surface area contributed by atoms with E-state index in [-0.39, 0.29) is 18.2 Å². The van der Waals surface area contributed by atoms with Gasteiger partial charge in [0.25, 0.3) is 5.91 Å². The lowest BCUT2D eigenvalue weighted by molar-refractivity contribution is -0.132. The number of hydrogen-bond acceptors (Lipinski definition) is 7. The van der Waals surface area contributed by atoms with Crippen LogP contribution in [0.2, 0.25) is 0 Å². The molecule has 0 spiro atoms. The van der Waals surface area contributed by atoms with Crippen molar-refractivity contribution >= 4 is 21.8 Å². The van der Waals surface area contributed by atoms with Gasteiger partial charge in [-0.3, -0.25) is 9.69 Å². The summed E-state index contributed by atoms with van der Waals surface area (Å²) in [5, 5.41) is 13.2. The van der Waals surface area contributed by atoms with Crippen LogP contribution in [0.15, 0.2) is 47.4 Å². The third kappa shape index (κ3) is 3.37. The number of sulfone groups is 1. The summed E-state index contributed by atoms with van der Waals surface area (Å²) in [5.74, 6) is 0.505. The van der Waals surface area contributed by atoms with Crippen molar-refractivity contribution in [1.29, 1.82) is 0 Å². The van der Waals surface area contributed by atoms with Crippen molar-refractivity contribution in [2.24, 2.45) is 0 Å². The Balaban J connectivity index is 1.55. The molecule has 2 aromatic rings. The maximum atomic E-state index is 13.0. The first-order chi connectivity index (χ1) is 14.1. The molecule has 0 radical (unpaired) electrons. The molecule has 2 aromatic carbocycles. The quantitative estimate of drug-likeness (QED) is 0.683. The molecule has 4 rings (SSSR count). The van der Waals surface area contributed by atoms with E-state index >= 15 is 0 Å². The minimum Gasteiger partial charge on any atom is -0.454 e. The van der Waals surface area contributed by atoms with Crippen molar-refractivity contribution in [1.82, 2.24) is 10.2 Å². The molecule has 2 unspecified atom stereocenters. The van der Waals surface area contributed by atoms with E-state index in [1.165, 1.54) is 31.2 Å². The van der Waals surface area contributed by atoms with Gasteiger partial charge in [-0.2, -0.15) is 0 Å². The van der Waals surface area contributed by atoms with Gasteiger partial charge in [-0.15, -0.1) is 0 Å². The Hall–Kier alpha value is -3.11. The Kier molecular flexibility index (Phi) is 4.70. The van der Waals surface area contributed by atoms with Crippen LogP contribution in [0.5, 0.6) is 11.5 Å². The van der Waals surface area contributed by atoms with Gasteiger partial charge in [-0.25, -0.2) is 13.2 Å². The fraction of sp³-hybridized carbons (Fsp3) is 0.300. The van der Waals surface area contributed by atoms with Crippen LogP contribution < -0.4 is 14.8 Å².